The number of rotatable bonds is 5. The third-order valence-corrected chi connectivity index (χ3v) is 9.01. The minimum Gasteiger partial charge on any atom is -0.469 e. The van der Waals surface area contributed by atoms with Gasteiger partial charge in [-0.1, -0.05) is 26.0 Å². The molecule has 0 N–H and O–H groups in total. The van der Waals surface area contributed by atoms with Gasteiger partial charge in [0.25, 0.3) is 0 Å². The lowest BCUT2D eigenvalue weighted by atomic mass is 9.46. The molecule has 0 amide bonds. The van der Waals surface area contributed by atoms with Gasteiger partial charge in [0.1, 0.15) is 0 Å². The predicted molar refractivity (Wildman–Crippen MR) is 119 cm³/mol. The van der Waals surface area contributed by atoms with E-state index in [9.17, 15) is 9.59 Å². The van der Waals surface area contributed by atoms with Crippen molar-refractivity contribution in [3.8, 4) is 0 Å². The Morgan fingerprint density at radius 3 is 2.55 bits per heavy atom. The highest BCUT2D eigenvalue weighted by molar-refractivity contribution is 5.73. The fourth-order valence-corrected chi connectivity index (χ4v) is 7.35. The summed E-state index contributed by atoms with van der Waals surface area (Å²) in [4.78, 5) is 29.0. The molecule has 0 radical (unpaired) electrons. The molecule has 2 saturated carbocycles. The zero-order valence-electron chi connectivity index (χ0n) is 19.2. The summed E-state index contributed by atoms with van der Waals surface area (Å²) in [6.07, 6.45) is 12.3. The molecule has 0 spiro atoms. The van der Waals surface area contributed by atoms with E-state index in [1.165, 1.54) is 25.4 Å². The SMILES string of the molecule is COC(=O)C[C@@H]1CC[C@@H]2[C@H](CC[C@]3(C)C(c4cccnc4)=CC[C@@H]23)[C@@]1(C)CC(=O)OC. The molecule has 4 rings (SSSR count). The van der Waals surface area contributed by atoms with Crippen LogP contribution in [0.3, 0.4) is 0 Å². The van der Waals surface area contributed by atoms with Crippen molar-refractivity contribution in [1.82, 2.24) is 4.98 Å². The quantitative estimate of drug-likeness (QED) is 0.617. The second-order valence-corrected chi connectivity index (χ2v) is 10.2. The van der Waals surface area contributed by atoms with E-state index >= 15 is 0 Å². The molecule has 168 valence electrons. The molecule has 5 heteroatoms. The summed E-state index contributed by atoms with van der Waals surface area (Å²) in [6, 6.07) is 4.19. The zero-order chi connectivity index (χ0) is 22.2. The Labute approximate surface area is 185 Å². The Kier molecular flexibility index (Phi) is 5.97. The highest BCUT2D eigenvalue weighted by Crippen LogP contribution is 2.66. The van der Waals surface area contributed by atoms with Gasteiger partial charge in [-0.25, -0.2) is 0 Å². The standard InChI is InChI=1S/C26H35NO4/c1-25-12-11-22-19(21(25)10-9-20(25)17-6-5-13-27-16-17)8-7-18(14-23(28)30-3)26(22,2)15-24(29)31-4/h5-6,9,13,16,18-19,21-22H,7-8,10-12,14-15H2,1-4H3/t18-,19-,21-,22-,25+,26-/m0/s1. The maximum Gasteiger partial charge on any atom is 0.306 e. The molecule has 1 aromatic heterocycles. The van der Waals surface area contributed by atoms with Crippen LogP contribution in [0.25, 0.3) is 5.57 Å². The molecule has 1 heterocycles. The van der Waals surface area contributed by atoms with Crippen molar-refractivity contribution < 1.29 is 19.1 Å². The van der Waals surface area contributed by atoms with Gasteiger partial charge < -0.3 is 9.47 Å². The van der Waals surface area contributed by atoms with Gasteiger partial charge in [-0.15, -0.1) is 0 Å². The summed E-state index contributed by atoms with van der Waals surface area (Å²) in [5, 5.41) is 0. The molecule has 1 aromatic rings. The number of allylic oxidation sites excluding steroid dienone is 2. The molecule has 2 fully saturated rings. The molecule has 0 bridgehead atoms. The Morgan fingerprint density at radius 2 is 1.87 bits per heavy atom. The summed E-state index contributed by atoms with van der Waals surface area (Å²) in [5.74, 6) is 1.32. The maximum absolute atomic E-state index is 12.4. The van der Waals surface area contributed by atoms with Crippen LogP contribution in [0.2, 0.25) is 0 Å². The van der Waals surface area contributed by atoms with E-state index in [-0.39, 0.29) is 28.7 Å². The van der Waals surface area contributed by atoms with Crippen LogP contribution in [0.1, 0.15) is 64.4 Å². The van der Waals surface area contributed by atoms with Crippen LogP contribution in [0.4, 0.5) is 0 Å². The number of hydrogen-bond acceptors (Lipinski definition) is 5. The van der Waals surface area contributed by atoms with Crippen LogP contribution in [-0.2, 0) is 19.1 Å². The number of hydrogen-bond donors (Lipinski definition) is 0. The van der Waals surface area contributed by atoms with Gasteiger partial charge >= 0.3 is 11.9 Å². The number of fused-ring (bicyclic) bond motifs is 3. The minimum atomic E-state index is -0.247. The lowest BCUT2D eigenvalue weighted by molar-refractivity contribution is -0.157. The van der Waals surface area contributed by atoms with Crippen molar-refractivity contribution in [2.24, 2.45) is 34.5 Å². The van der Waals surface area contributed by atoms with Gasteiger partial charge in [-0.05, 0) is 83.8 Å². The van der Waals surface area contributed by atoms with Crippen molar-refractivity contribution in [3.63, 3.8) is 0 Å². The van der Waals surface area contributed by atoms with E-state index < -0.39 is 0 Å². The first-order chi connectivity index (χ1) is 14.8. The normalized spacial score (nSPS) is 36.7. The fraction of sp³-hybridized carbons (Fsp3) is 0.654. The summed E-state index contributed by atoms with van der Waals surface area (Å²) < 4.78 is 10.1. The Hall–Kier alpha value is -2.17. The number of carbonyl (C=O) groups is 2. The first-order valence-corrected chi connectivity index (χ1v) is 11.6. The number of methoxy groups -OCH3 is 2. The number of aromatic nitrogens is 1. The van der Waals surface area contributed by atoms with E-state index in [4.69, 9.17) is 9.47 Å². The molecular formula is C26H35NO4. The first-order valence-electron chi connectivity index (χ1n) is 11.6. The van der Waals surface area contributed by atoms with Gasteiger partial charge in [0.2, 0.25) is 0 Å². The van der Waals surface area contributed by atoms with Crippen molar-refractivity contribution >= 4 is 17.5 Å². The summed E-state index contributed by atoms with van der Waals surface area (Å²) in [7, 11) is 2.90. The number of ether oxygens (including phenoxy) is 2. The van der Waals surface area contributed by atoms with Gasteiger partial charge in [-0.3, -0.25) is 14.6 Å². The van der Waals surface area contributed by atoms with E-state index in [1.54, 1.807) is 0 Å². The highest BCUT2D eigenvalue weighted by atomic mass is 16.5. The van der Waals surface area contributed by atoms with E-state index in [0.29, 0.717) is 30.6 Å². The number of nitrogens with zero attached hydrogens (tertiary/aromatic N) is 1. The van der Waals surface area contributed by atoms with Crippen LogP contribution in [0.15, 0.2) is 30.6 Å². The Morgan fingerprint density at radius 1 is 1.10 bits per heavy atom. The number of pyridine rings is 1. The lowest BCUT2D eigenvalue weighted by Crippen LogP contribution is -2.52. The fourth-order valence-electron chi connectivity index (χ4n) is 7.35. The zero-order valence-corrected chi connectivity index (χ0v) is 19.2. The van der Waals surface area contributed by atoms with Crippen LogP contribution >= 0.6 is 0 Å². The van der Waals surface area contributed by atoms with Crippen molar-refractivity contribution in [1.29, 1.82) is 0 Å². The van der Waals surface area contributed by atoms with Crippen LogP contribution in [0, 0.1) is 34.5 Å². The molecule has 3 aliphatic carbocycles. The van der Waals surface area contributed by atoms with Crippen LogP contribution in [0.5, 0.6) is 0 Å². The van der Waals surface area contributed by atoms with E-state index in [0.717, 1.165) is 32.1 Å². The van der Waals surface area contributed by atoms with E-state index in [1.807, 2.05) is 18.5 Å². The molecular weight excluding hydrogens is 390 g/mol. The third kappa shape index (κ3) is 3.70. The molecule has 0 aromatic carbocycles. The van der Waals surface area contributed by atoms with Crippen molar-refractivity contribution in [2.75, 3.05) is 14.2 Å². The summed E-state index contributed by atoms with van der Waals surface area (Å²) in [6.45, 7) is 4.65. The molecule has 0 saturated heterocycles. The third-order valence-electron chi connectivity index (χ3n) is 9.01. The van der Waals surface area contributed by atoms with Crippen LogP contribution < -0.4 is 0 Å². The van der Waals surface area contributed by atoms with Crippen LogP contribution in [-0.4, -0.2) is 31.1 Å². The van der Waals surface area contributed by atoms with Gasteiger partial charge in [0, 0.05) is 18.8 Å². The monoisotopic (exact) mass is 425 g/mol. The molecule has 0 unspecified atom stereocenters. The lowest BCUT2D eigenvalue weighted by Gasteiger charge is -2.58. The average Bonchev–Trinajstić information content (AvgIpc) is 3.13. The van der Waals surface area contributed by atoms with Gasteiger partial charge in [0.05, 0.1) is 20.6 Å². The second-order valence-electron chi connectivity index (χ2n) is 10.2. The second kappa shape index (κ2) is 8.40. The van der Waals surface area contributed by atoms with Crippen molar-refractivity contribution in [2.45, 2.75) is 58.8 Å². The number of esters is 2. The minimum absolute atomic E-state index is 0.144. The molecule has 6 atom stereocenters. The average molecular weight is 426 g/mol. The van der Waals surface area contributed by atoms with E-state index in [2.05, 4.69) is 31.0 Å². The summed E-state index contributed by atoms with van der Waals surface area (Å²) >= 11 is 0. The Bertz CT molecular complexity index is 865. The Balaban J connectivity index is 1.63. The smallest absolute Gasteiger partial charge is 0.306 e. The topological polar surface area (TPSA) is 65.5 Å². The molecule has 5 nitrogen and oxygen atoms in total. The predicted octanol–water partition coefficient (Wildman–Crippen LogP) is 5.06. The largest absolute Gasteiger partial charge is 0.469 e. The summed E-state index contributed by atoms with van der Waals surface area (Å²) in [5.41, 5.74) is 2.58. The first kappa shape index (κ1) is 22.0. The highest BCUT2D eigenvalue weighted by Gasteiger charge is 2.58. The van der Waals surface area contributed by atoms with Gasteiger partial charge in [0.15, 0.2) is 0 Å². The molecule has 31 heavy (non-hydrogen) atoms. The van der Waals surface area contributed by atoms with Gasteiger partial charge in [-0.2, -0.15) is 0 Å². The van der Waals surface area contributed by atoms with Crippen molar-refractivity contribution in [3.05, 3.63) is 36.2 Å². The molecule has 0 aliphatic heterocycles. The number of carbonyl (C=O) groups excluding carboxylic acids is 2. The maximum atomic E-state index is 12.4. The molecule has 3 aliphatic rings.